The quantitative estimate of drug-likeness (QED) is 0.139. The SMILES string of the molecule is CS(=O)CCC(NCC1CC1)c1ccc(-c2ccc3ncnc(Nc4ccc(OCc5cccc(F)c5)c(Cl)c4)c3c2)o1. The highest BCUT2D eigenvalue weighted by Gasteiger charge is 2.24. The minimum absolute atomic E-state index is 0.0184. The molecule has 1 fully saturated rings. The average Bonchev–Trinajstić information content (AvgIpc) is 3.70. The first-order chi connectivity index (χ1) is 20.9. The van der Waals surface area contributed by atoms with Crippen LogP contribution in [-0.2, 0) is 17.4 Å². The van der Waals surface area contributed by atoms with Crippen molar-refractivity contribution in [1.82, 2.24) is 15.3 Å². The Morgan fingerprint density at radius 1 is 1.09 bits per heavy atom. The van der Waals surface area contributed by atoms with E-state index in [4.69, 9.17) is 20.8 Å². The number of furan rings is 1. The van der Waals surface area contributed by atoms with E-state index in [0.29, 0.717) is 27.9 Å². The van der Waals surface area contributed by atoms with Gasteiger partial charge in [0.25, 0.3) is 0 Å². The van der Waals surface area contributed by atoms with Crippen molar-refractivity contribution in [2.45, 2.75) is 31.9 Å². The second kappa shape index (κ2) is 13.2. The Labute approximate surface area is 257 Å². The summed E-state index contributed by atoms with van der Waals surface area (Å²) in [5.74, 6) is 3.74. The van der Waals surface area contributed by atoms with E-state index in [9.17, 15) is 8.60 Å². The molecule has 2 atom stereocenters. The lowest BCUT2D eigenvalue weighted by molar-refractivity contribution is 0.306. The second-order valence-electron chi connectivity index (χ2n) is 10.8. The predicted octanol–water partition coefficient (Wildman–Crippen LogP) is 7.81. The summed E-state index contributed by atoms with van der Waals surface area (Å²) < 4.78 is 37.4. The highest BCUT2D eigenvalue weighted by atomic mass is 35.5. The van der Waals surface area contributed by atoms with Crippen LogP contribution in [0.1, 0.15) is 36.6 Å². The number of anilines is 2. The number of hydrogen-bond donors (Lipinski definition) is 2. The van der Waals surface area contributed by atoms with Gasteiger partial charge in [-0.25, -0.2) is 14.4 Å². The molecule has 0 radical (unpaired) electrons. The van der Waals surface area contributed by atoms with Crippen molar-refractivity contribution in [3.8, 4) is 17.1 Å². The van der Waals surface area contributed by atoms with Crippen molar-refractivity contribution >= 4 is 44.8 Å². The van der Waals surface area contributed by atoms with Gasteiger partial charge in [-0.3, -0.25) is 4.21 Å². The number of fused-ring (bicyclic) bond motifs is 1. The summed E-state index contributed by atoms with van der Waals surface area (Å²) in [6.07, 6.45) is 6.53. The summed E-state index contributed by atoms with van der Waals surface area (Å²) in [5, 5.41) is 8.21. The third-order valence-corrected chi connectivity index (χ3v) is 8.52. The van der Waals surface area contributed by atoms with E-state index >= 15 is 0 Å². The van der Waals surface area contributed by atoms with E-state index in [0.717, 1.165) is 52.6 Å². The number of benzene rings is 3. The van der Waals surface area contributed by atoms with Crippen LogP contribution in [0.2, 0.25) is 5.02 Å². The van der Waals surface area contributed by atoms with Gasteiger partial charge in [-0.1, -0.05) is 23.7 Å². The molecule has 1 aliphatic carbocycles. The predicted molar refractivity (Wildman–Crippen MR) is 170 cm³/mol. The Bertz CT molecular complexity index is 1760. The number of hydrogen-bond acceptors (Lipinski definition) is 7. The summed E-state index contributed by atoms with van der Waals surface area (Å²) >= 11 is 6.52. The van der Waals surface area contributed by atoms with Crippen LogP contribution in [0.5, 0.6) is 5.75 Å². The Morgan fingerprint density at radius 3 is 2.77 bits per heavy atom. The lowest BCUT2D eigenvalue weighted by Crippen LogP contribution is -2.24. The van der Waals surface area contributed by atoms with Crippen LogP contribution in [-0.4, -0.2) is 32.7 Å². The van der Waals surface area contributed by atoms with Gasteiger partial charge in [0.05, 0.1) is 16.6 Å². The molecule has 222 valence electrons. The largest absolute Gasteiger partial charge is 0.487 e. The molecule has 0 aliphatic heterocycles. The highest BCUT2D eigenvalue weighted by Crippen LogP contribution is 2.34. The van der Waals surface area contributed by atoms with Crippen LogP contribution in [0.4, 0.5) is 15.9 Å². The summed E-state index contributed by atoms with van der Waals surface area (Å²) in [6.45, 7) is 1.15. The first-order valence-electron chi connectivity index (χ1n) is 14.2. The van der Waals surface area contributed by atoms with E-state index in [1.165, 1.54) is 31.3 Å². The molecule has 7 nitrogen and oxygen atoms in total. The normalized spacial score (nSPS) is 14.5. The topological polar surface area (TPSA) is 89.3 Å². The number of nitrogens with zero attached hydrogens (tertiary/aromatic N) is 2. The van der Waals surface area contributed by atoms with Crippen LogP contribution in [0, 0.1) is 11.7 Å². The molecule has 6 rings (SSSR count). The lowest BCUT2D eigenvalue weighted by atomic mass is 10.1. The molecule has 2 N–H and O–H groups in total. The first kappa shape index (κ1) is 29.3. The number of rotatable bonds is 13. The monoisotopic (exact) mass is 618 g/mol. The van der Waals surface area contributed by atoms with Gasteiger partial charge >= 0.3 is 0 Å². The van der Waals surface area contributed by atoms with Gasteiger partial charge in [0.15, 0.2) is 0 Å². The van der Waals surface area contributed by atoms with E-state index in [2.05, 4.69) is 20.6 Å². The van der Waals surface area contributed by atoms with Gasteiger partial charge in [0, 0.05) is 39.4 Å². The number of halogens is 2. The van der Waals surface area contributed by atoms with Gasteiger partial charge in [-0.05, 0) is 98.0 Å². The Kier molecular flexibility index (Phi) is 9.02. The molecular formula is C33H32ClFN4O3S. The minimum Gasteiger partial charge on any atom is -0.487 e. The van der Waals surface area contributed by atoms with Crippen LogP contribution in [0.3, 0.4) is 0 Å². The first-order valence-corrected chi connectivity index (χ1v) is 16.3. The van der Waals surface area contributed by atoms with Crippen LogP contribution in [0.25, 0.3) is 22.2 Å². The summed E-state index contributed by atoms with van der Waals surface area (Å²) in [4.78, 5) is 8.93. The van der Waals surface area contributed by atoms with Crippen molar-refractivity contribution in [3.63, 3.8) is 0 Å². The highest BCUT2D eigenvalue weighted by molar-refractivity contribution is 7.84. The fourth-order valence-corrected chi connectivity index (χ4v) is 5.69. The zero-order chi connectivity index (χ0) is 29.8. The van der Waals surface area contributed by atoms with Gasteiger partial charge in [0.1, 0.15) is 41.8 Å². The van der Waals surface area contributed by atoms with Crippen molar-refractivity contribution in [2.75, 3.05) is 23.9 Å². The summed E-state index contributed by atoms with van der Waals surface area (Å²) in [5.41, 5.74) is 3.12. The second-order valence-corrected chi connectivity index (χ2v) is 12.8. The number of nitrogens with one attached hydrogen (secondary N) is 2. The van der Waals surface area contributed by atoms with Gasteiger partial charge in [-0.2, -0.15) is 0 Å². The maximum Gasteiger partial charge on any atom is 0.141 e. The molecule has 1 saturated carbocycles. The molecule has 1 aliphatic rings. The lowest BCUT2D eigenvalue weighted by Gasteiger charge is -2.16. The fraction of sp³-hybridized carbons (Fsp3) is 0.273. The molecule has 2 unspecified atom stereocenters. The van der Waals surface area contributed by atoms with Crippen molar-refractivity contribution in [3.05, 3.63) is 101 Å². The zero-order valence-electron chi connectivity index (χ0n) is 23.7. The van der Waals surface area contributed by atoms with Crippen LogP contribution >= 0.6 is 11.6 Å². The van der Waals surface area contributed by atoms with Crippen molar-refractivity contribution in [2.24, 2.45) is 5.92 Å². The summed E-state index contributed by atoms with van der Waals surface area (Å²) in [7, 11) is -0.866. The molecule has 3 aromatic carbocycles. The average molecular weight is 619 g/mol. The van der Waals surface area contributed by atoms with Crippen molar-refractivity contribution < 1.29 is 17.8 Å². The molecular weight excluding hydrogens is 587 g/mol. The molecule has 0 bridgehead atoms. The Hall–Kier alpha value is -3.79. The Morgan fingerprint density at radius 2 is 1.98 bits per heavy atom. The van der Waals surface area contributed by atoms with Gasteiger partial charge in [-0.15, -0.1) is 0 Å². The molecule has 43 heavy (non-hydrogen) atoms. The smallest absolute Gasteiger partial charge is 0.141 e. The summed E-state index contributed by atoms with van der Waals surface area (Å²) in [6, 6.07) is 21.6. The van der Waals surface area contributed by atoms with Crippen LogP contribution < -0.4 is 15.4 Å². The van der Waals surface area contributed by atoms with E-state index < -0.39 is 10.8 Å². The molecule has 0 saturated heterocycles. The maximum absolute atomic E-state index is 13.5. The molecule has 0 amide bonds. The van der Waals surface area contributed by atoms with Crippen molar-refractivity contribution in [1.29, 1.82) is 0 Å². The van der Waals surface area contributed by atoms with E-state index in [-0.39, 0.29) is 18.5 Å². The number of aromatic nitrogens is 2. The van der Waals surface area contributed by atoms with Crippen LogP contribution in [0.15, 0.2) is 83.5 Å². The Balaban J connectivity index is 1.19. The van der Waals surface area contributed by atoms with Gasteiger partial charge in [0.2, 0.25) is 0 Å². The minimum atomic E-state index is -0.866. The fourth-order valence-electron chi connectivity index (χ4n) is 4.88. The molecule has 2 aromatic heterocycles. The third-order valence-electron chi connectivity index (χ3n) is 7.41. The van der Waals surface area contributed by atoms with E-state index in [1.54, 1.807) is 30.5 Å². The standard InChI is InChI=1S/C33H32ClFN4O3S/c1-43(40)14-13-29(36-18-21-5-6-21)32-12-11-30(42-32)23-7-9-28-26(16-23)33(38-20-37-28)39-25-8-10-31(27(34)17-25)41-19-22-3-2-4-24(35)15-22/h2-4,7-12,15-17,20-21,29,36H,5-6,13-14,18-19H2,1H3,(H,37,38,39). The molecule has 0 spiro atoms. The molecule has 10 heteroatoms. The molecule has 5 aromatic rings. The van der Waals surface area contributed by atoms with Gasteiger partial charge < -0.3 is 19.8 Å². The maximum atomic E-state index is 13.5. The van der Waals surface area contributed by atoms with E-state index in [1.807, 2.05) is 36.4 Å². The molecule has 2 heterocycles. The third kappa shape index (κ3) is 7.60. The number of ether oxygens (including phenoxy) is 1. The zero-order valence-corrected chi connectivity index (χ0v) is 25.3.